The van der Waals surface area contributed by atoms with E-state index in [1.165, 1.54) is 17.7 Å². The number of amides is 3. The van der Waals surface area contributed by atoms with E-state index in [0.29, 0.717) is 24.7 Å². The lowest BCUT2D eigenvalue weighted by Gasteiger charge is -2.38. The Morgan fingerprint density at radius 1 is 1.19 bits per heavy atom. The van der Waals surface area contributed by atoms with Crippen LogP contribution in [0.1, 0.15) is 37.3 Å². The third-order valence-electron chi connectivity index (χ3n) is 7.14. The predicted octanol–water partition coefficient (Wildman–Crippen LogP) is 2.38. The van der Waals surface area contributed by atoms with Crippen molar-refractivity contribution in [3.63, 3.8) is 0 Å². The van der Waals surface area contributed by atoms with Crippen LogP contribution >= 0.6 is 0 Å². The number of likely N-dealkylation sites (tertiary alicyclic amines) is 1. The Morgan fingerprint density at radius 2 is 2.00 bits per heavy atom. The standard InChI is InChI=1S/C23H31FN6O2/c1-15-12-30(20-4-8-28(14-19(20)24)13-16-2-6-25-7-3-16)22-18(15)10-17(11-26-22)29-9-5-21(31)27-23(29)32/h10-12,16,19-20,25H,2-9,13-14H2,1H3,(H,27,31,32)/t19?,20-/m1/s1. The minimum absolute atomic E-state index is 0.232. The highest BCUT2D eigenvalue weighted by molar-refractivity contribution is 6.06. The molecule has 3 aliphatic rings. The van der Waals surface area contributed by atoms with Crippen LogP contribution < -0.4 is 15.5 Å². The zero-order valence-corrected chi connectivity index (χ0v) is 18.5. The van der Waals surface area contributed by atoms with Crippen LogP contribution in [0.2, 0.25) is 0 Å². The molecule has 2 N–H and O–H groups in total. The van der Waals surface area contributed by atoms with E-state index in [4.69, 9.17) is 0 Å². The zero-order valence-electron chi connectivity index (χ0n) is 18.5. The van der Waals surface area contributed by atoms with Gasteiger partial charge in [-0.05, 0) is 56.8 Å². The Hall–Kier alpha value is -2.52. The molecule has 2 aromatic rings. The molecule has 0 saturated carbocycles. The van der Waals surface area contributed by atoms with Gasteiger partial charge in [0.25, 0.3) is 0 Å². The van der Waals surface area contributed by atoms with Gasteiger partial charge in [0, 0.05) is 44.2 Å². The SMILES string of the molecule is Cc1cn([C@@H]2CCN(CC3CCNCC3)CC2F)c2ncc(N3CCC(=O)NC3=O)cc12. The largest absolute Gasteiger partial charge is 0.328 e. The van der Waals surface area contributed by atoms with Gasteiger partial charge in [0.1, 0.15) is 11.8 Å². The van der Waals surface area contributed by atoms with Crippen molar-refractivity contribution in [3.05, 3.63) is 24.0 Å². The summed E-state index contributed by atoms with van der Waals surface area (Å²) in [6, 6.07) is 1.26. The van der Waals surface area contributed by atoms with Gasteiger partial charge in [-0.1, -0.05) is 0 Å². The number of pyridine rings is 1. The molecule has 5 rings (SSSR count). The zero-order chi connectivity index (χ0) is 22.2. The van der Waals surface area contributed by atoms with Gasteiger partial charge < -0.3 is 14.8 Å². The average Bonchev–Trinajstić information content (AvgIpc) is 3.10. The first-order valence-electron chi connectivity index (χ1n) is 11.7. The highest BCUT2D eigenvalue weighted by atomic mass is 19.1. The van der Waals surface area contributed by atoms with Crippen LogP contribution in [0.25, 0.3) is 11.0 Å². The number of alkyl halides is 1. The van der Waals surface area contributed by atoms with E-state index in [0.717, 1.165) is 49.2 Å². The van der Waals surface area contributed by atoms with Gasteiger partial charge in [0.15, 0.2) is 0 Å². The predicted molar refractivity (Wildman–Crippen MR) is 121 cm³/mol. The number of aromatic nitrogens is 2. The molecular formula is C23H31FN6O2. The van der Waals surface area contributed by atoms with E-state index < -0.39 is 12.2 Å². The van der Waals surface area contributed by atoms with E-state index >= 15 is 4.39 Å². The van der Waals surface area contributed by atoms with E-state index in [9.17, 15) is 9.59 Å². The Labute approximate surface area is 187 Å². The highest BCUT2D eigenvalue weighted by Gasteiger charge is 2.33. The van der Waals surface area contributed by atoms with Gasteiger partial charge in [-0.3, -0.25) is 15.0 Å². The summed E-state index contributed by atoms with van der Waals surface area (Å²) in [6.07, 6.45) is 6.06. The summed E-state index contributed by atoms with van der Waals surface area (Å²) in [6.45, 7) is 6.81. The number of halogens is 1. The maximum atomic E-state index is 15.3. The third kappa shape index (κ3) is 4.11. The minimum atomic E-state index is -0.944. The summed E-state index contributed by atoms with van der Waals surface area (Å²) in [4.78, 5) is 32.1. The minimum Gasteiger partial charge on any atom is -0.326 e. The fourth-order valence-corrected chi connectivity index (χ4v) is 5.36. The first-order chi connectivity index (χ1) is 15.5. The van der Waals surface area contributed by atoms with Crippen molar-refractivity contribution in [1.82, 2.24) is 25.1 Å². The Bertz CT molecular complexity index is 1020. The van der Waals surface area contributed by atoms with E-state index in [1.54, 1.807) is 6.20 Å². The normalized spacial score (nSPS) is 26.0. The maximum Gasteiger partial charge on any atom is 0.328 e. The summed E-state index contributed by atoms with van der Waals surface area (Å²) < 4.78 is 17.3. The summed E-state index contributed by atoms with van der Waals surface area (Å²) in [5.74, 6) is 0.403. The topological polar surface area (TPSA) is 82.5 Å². The molecular weight excluding hydrogens is 411 g/mol. The number of carbonyl (C=O) groups is 2. The molecule has 0 bridgehead atoms. The summed E-state index contributed by atoms with van der Waals surface area (Å²) in [5, 5.41) is 6.65. The molecule has 0 spiro atoms. The van der Waals surface area contributed by atoms with Crippen LogP contribution in [-0.4, -0.2) is 71.8 Å². The first kappa shape index (κ1) is 21.3. The van der Waals surface area contributed by atoms with E-state index in [2.05, 4.69) is 20.5 Å². The van der Waals surface area contributed by atoms with Crippen molar-refractivity contribution in [2.45, 2.75) is 44.8 Å². The molecule has 172 valence electrons. The molecule has 3 aliphatic heterocycles. The molecule has 5 heterocycles. The van der Waals surface area contributed by atoms with Gasteiger partial charge in [0.05, 0.1) is 17.9 Å². The molecule has 3 saturated heterocycles. The summed E-state index contributed by atoms with van der Waals surface area (Å²) in [7, 11) is 0. The number of rotatable bonds is 4. The molecule has 0 aliphatic carbocycles. The quantitative estimate of drug-likeness (QED) is 0.760. The third-order valence-corrected chi connectivity index (χ3v) is 7.14. The van der Waals surface area contributed by atoms with Gasteiger partial charge in [0.2, 0.25) is 5.91 Å². The number of hydrogen-bond acceptors (Lipinski definition) is 5. The number of piperidine rings is 2. The van der Waals surface area contributed by atoms with Crippen LogP contribution in [0.3, 0.4) is 0 Å². The van der Waals surface area contributed by atoms with Gasteiger partial charge in [-0.15, -0.1) is 0 Å². The van der Waals surface area contributed by atoms with Gasteiger partial charge in [-0.2, -0.15) is 0 Å². The van der Waals surface area contributed by atoms with Gasteiger partial charge in [-0.25, -0.2) is 14.2 Å². The summed E-state index contributed by atoms with van der Waals surface area (Å²) >= 11 is 0. The van der Waals surface area contributed by atoms with Crippen LogP contribution in [0, 0.1) is 12.8 Å². The lowest BCUT2D eigenvalue weighted by atomic mass is 9.95. The monoisotopic (exact) mass is 442 g/mol. The van der Waals surface area contributed by atoms with Gasteiger partial charge >= 0.3 is 6.03 Å². The molecule has 1 unspecified atom stereocenters. The number of aryl methyl sites for hydroxylation is 1. The highest BCUT2D eigenvalue weighted by Crippen LogP contribution is 2.33. The fourth-order valence-electron chi connectivity index (χ4n) is 5.36. The molecule has 32 heavy (non-hydrogen) atoms. The van der Waals surface area contributed by atoms with E-state index in [1.807, 2.05) is 23.8 Å². The van der Waals surface area contributed by atoms with Crippen LogP contribution in [0.4, 0.5) is 14.9 Å². The van der Waals surface area contributed by atoms with Crippen molar-refractivity contribution < 1.29 is 14.0 Å². The van der Waals surface area contributed by atoms with E-state index in [-0.39, 0.29) is 18.4 Å². The lowest BCUT2D eigenvalue weighted by molar-refractivity contribution is -0.120. The molecule has 3 fully saturated rings. The molecule has 0 radical (unpaired) electrons. The molecule has 9 heteroatoms. The number of fused-ring (bicyclic) bond motifs is 1. The molecule has 8 nitrogen and oxygen atoms in total. The second-order valence-electron chi connectivity index (χ2n) is 9.36. The van der Waals surface area contributed by atoms with Crippen molar-refractivity contribution in [2.24, 2.45) is 5.92 Å². The fraction of sp³-hybridized carbons (Fsp3) is 0.609. The number of carbonyl (C=O) groups excluding carboxylic acids is 2. The van der Waals surface area contributed by atoms with Crippen molar-refractivity contribution >= 4 is 28.7 Å². The lowest BCUT2D eigenvalue weighted by Crippen LogP contribution is -2.49. The molecule has 0 aromatic carbocycles. The van der Waals surface area contributed by atoms with Crippen LogP contribution in [0.15, 0.2) is 18.5 Å². The number of nitrogens with zero attached hydrogens (tertiary/aromatic N) is 4. The number of nitrogens with one attached hydrogen (secondary N) is 2. The first-order valence-corrected chi connectivity index (χ1v) is 11.7. The van der Waals surface area contributed by atoms with Crippen molar-refractivity contribution in [3.8, 4) is 0 Å². The smallest absolute Gasteiger partial charge is 0.326 e. The summed E-state index contributed by atoms with van der Waals surface area (Å²) in [5.41, 5.74) is 2.41. The number of hydrogen-bond donors (Lipinski definition) is 2. The Morgan fingerprint density at radius 3 is 2.75 bits per heavy atom. The molecule has 2 aromatic heterocycles. The molecule has 3 amide bonds. The second-order valence-corrected chi connectivity index (χ2v) is 9.36. The van der Waals surface area contributed by atoms with Crippen molar-refractivity contribution in [2.75, 3.05) is 44.2 Å². The van der Waals surface area contributed by atoms with Crippen molar-refractivity contribution in [1.29, 1.82) is 0 Å². The maximum absolute atomic E-state index is 15.3. The number of imide groups is 1. The van der Waals surface area contributed by atoms with Crippen LogP contribution in [0.5, 0.6) is 0 Å². The molecule has 2 atom stereocenters. The average molecular weight is 443 g/mol. The van der Waals surface area contributed by atoms with Crippen LogP contribution in [-0.2, 0) is 4.79 Å². The second kappa shape index (κ2) is 8.78. The Balaban J connectivity index is 1.32. The number of urea groups is 1. The Kier molecular flexibility index (Phi) is 5.86. The number of anilines is 1.